The van der Waals surface area contributed by atoms with Crippen molar-refractivity contribution < 1.29 is 14.7 Å². The summed E-state index contributed by atoms with van der Waals surface area (Å²) in [6.07, 6.45) is 2.24. The molecular weight excluding hydrogens is 296 g/mol. The lowest BCUT2D eigenvalue weighted by Gasteiger charge is -2.23. The number of thiophene rings is 1. The SMILES string of the molecule is CC1(CNC(=O)NC(C(=O)O)c2cccs2)CCCS1. The van der Waals surface area contributed by atoms with E-state index in [-0.39, 0.29) is 4.75 Å². The average molecular weight is 314 g/mol. The van der Waals surface area contributed by atoms with E-state index in [2.05, 4.69) is 17.6 Å². The predicted octanol–water partition coefficient (Wildman–Crippen LogP) is 2.46. The summed E-state index contributed by atoms with van der Waals surface area (Å²) < 4.78 is 0.0684. The molecule has 110 valence electrons. The van der Waals surface area contributed by atoms with Crippen molar-refractivity contribution in [1.82, 2.24) is 10.6 Å². The summed E-state index contributed by atoms with van der Waals surface area (Å²) in [6.45, 7) is 2.68. The number of hydrogen-bond donors (Lipinski definition) is 3. The number of nitrogens with one attached hydrogen (secondary N) is 2. The number of carboxylic acid groups (broad SMARTS) is 1. The van der Waals surface area contributed by atoms with E-state index in [0.29, 0.717) is 11.4 Å². The first-order valence-electron chi connectivity index (χ1n) is 6.45. The normalized spacial score (nSPS) is 23.2. The van der Waals surface area contributed by atoms with E-state index < -0.39 is 18.0 Å². The Bertz CT molecular complexity index is 470. The predicted molar refractivity (Wildman–Crippen MR) is 81.3 cm³/mol. The molecular formula is C13H18N2O3S2. The fraction of sp³-hybridized carbons (Fsp3) is 0.538. The third-order valence-corrected chi connectivity index (χ3v) is 5.75. The number of carbonyl (C=O) groups is 2. The number of aliphatic carboxylic acids is 1. The zero-order chi connectivity index (χ0) is 14.6. The largest absolute Gasteiger partial charge is 0.479 e. The second-order valence-electron chi connectivity index (χ2n) is 5.02. The highest BCUT2D eigenvalue weighted by Gasteiger charge is 2.30. The molecule has 2 unspecified atom stereocenters. The van der Waals surface area contributed by atoms with Crippen LogP contribution in [-0.2, 0) is 4.79 Å². The number of carboxylic acids is 1. The van der Waals surface area contributed by atoms with Gasteiger partial charge in [0, 0.05) is 16.2 Å². The van der Waals surface area contributed by atoms with Crippen LogP contribution in [0.15, 0.2) is 17.5 Å². The van der Waals surface area contributed by atoms with Gasteiger partial charge in [-0.25, -0.2) is 9.59 Å². The van der Waals surface area contributed by atoms with Gasteiger partial charge in [-0.3, -0.25) is 0 Å². The lowest BCUT2D eigenvalue weighted by Crippen LogP contribution is -2.45. The van der Waals surface area contributed by atoms with Crippen molar-refractivity contribution in [2.45, 2.75) is 30.6 Å². The van der Waals surface area contributed by atoms with Crippen LogP contribution in [0.3, 0.4) is 0 Å². The van der Waals surface area contributed by atoms with Crippen molar-refractivity contribution in [2.24, 2.45) is 0 Å². The smallest absolute Gasteiger partial charge is 0.331 e. The molecule has 0 aliphatic carbocycles. The third kappa shape index (κ3) is 3.89. The summed E-state index contributed by atoms with van der Waals surface area (Å²) in [5.41, 5.74) is 0. The van der Waals surface area contributed by atoms with E-state index in [1.807, 2.05) is 11.8 Å². The molecule has 2 amide bonds. The first kappa shape index (κ1) is 15.2. The summed E-state index contributed by atoms with van der Waals surface area (Å²) >= 11 is 3.17. The first-order chi connectivity index (χ1) is 9.50. The number of urea groups is 1. The molecule has 1 aromatic heterocycles. The average Bonchev–Trinajstić information content (AvgIpc) is 3.05. The Morgan fingerprint density at radius 3 is 2.90 bits per heavy atom. The molecule has 1 aliphatic rings. The molecule has 0 saturated carbocycles. The van der Waals surface area contributed by atoms with Gasteiger partial charge in [0.1, 0.15) is 0 Å². The van der Waals surface area contributed by atoms with Gasteiger partial charge in [-0.1, -0.05) is 6.07 Å². The zero-order valence-electron chi connectivity index (χ0n) is 11.2. The molecule has 3 N–H and O–H groups in total. The number of rotatable bonds is 5. The maximum absolute atomic E-state index is 11.9. The molecule has 1 saturated heterocycles. The maximum Gasteiger partial charge on any atom is 0.331 e. The fourth-order valence-electron chi connectivity index (χ4n) is 2.14. The topological polar surface area (TPSA) is 78.4 Å². The Labute approximate surface area is 126 Å². The van der Waals surface area contributed by atoms with Gasteiger partial charge < -0.3 is 15.7 Å². The molecule has 2 atom stereocenters. The zero-order valence-corrected chi connectivity index (χ0v) is 12.9. The molecule has 2 rings (SSSR count). The van der Waals surface area contributed by atoms with Crippen LogP contribution in [0.1, 0.15) is 30.7 Å². The number of thioether (sulfide) groups is 1. The Morgan fingerprint density at radius 1 is 1.55 bits per heavy atom. The van der Waals surface area contributed by atoms with Crippen molar-refractivity contribution >= 4 is 35.1 Å². The van der Waals surface area contributed by atoms with Crippen LogP contribution in [0.4, 0.5) is 4.79 Å². The summed E-state index contributed by atoms with van der Waals surface area (Å²) in [7, 11) is 0. The number of hydrogen-bond acceptors (Lipinski definition) is 4. The van der Waals surface area contributed by atoms with Gasteiger partial charge in [-0.15, -0.1) is 11.3 Å². The van der Waals surface area contributed by atoms with Gasteiger partial charge in [0.2, 0.25) is 0 Å². The van der Waals surface area contributed by atoms with Crippen LogP contribution in [0.5, 0.6) is 0 Å². The van der Waals surface area contributed by atoms with E-state index in [1.165, 1.54) is 11.3 Å². The molecule has 0 radical (unpaired) electrons. The van der Waals surface area contributed by atoms with Gasteiger partial charge in [0.05, 0.1) is 0 Å². The van der Waals surface area contributed by atoms with Crippen molar-refractivity contribution in [3.05, 3.63) is 22.4 Å². The van der Waals surface area contributed by atoms with Crippen LogP contribution < -0.4 is 10.6 Å². The minimum atomic E-state index is -1.05. The Hall–Kier alpha value is -1.21. The Morgan fingerprint density at radius 2 is 2.35 bits per heavy atom. The number of carbonyl (C=O) groups excluding carboxylic acids is 1. The van der Waals surface area contributed by atoms with Crippen molar-refractivity contribution in [1.29, 1.82) is 0 Å². The minimum Gasteiger partial charge on any atom is -0.479 e. The van der Waals surface area contributed by atoms with Crippen LogP contribution in [0, 0.1) is 0 Å². The van der Waals surface area contributed by atoms with Gasteiger partial charge in [0.15, 0.2) is 6.04 Å². The fourth-order valence-corrected chi connectivity index (χ4v) is 4.15. The molecule has 5 nitrogen and oxygen atoms in total. The van der Waals surface area contributed by atoms with Gasteiger partial charge in [-0.05, 0) is 37.0 Å². The molecule has 0 bridgehead atoms. The molecule has 1 aromatic rings. The maximum atomic E-state index is 11.9. The van der Waals surface area contributed by atoms with Gasteiger partial charge in [-0.2, -0.15) is 11.8 Å². The highest BCUT2D eigenvalue weighted by Crippen LogP contribution is 2.36. The molecule has 1 fully saturated rings. The monoisotopic (exact) mass is 314 g/mol. The molecule has 20 heavy (non-hydrogen) atoms. The van der Waals surface area contributed by atoms with E-state index >= 15 is 0 Å². The van der Waals surface area contributed by atoms with Crippen molar-refractivity contribution in [2.75, 3.05) is 12.3 Å². The van der Waals surface area contributed by atoms with Crippen LogP contribution in [0.25, 0.3) is 0 Å². The second kappa shape index (κ2) is 6.49. The third-order valence-electron chi connectivity index (χ3n) is 3.27. The van der Waals surface area contributed by atoms with Crippen LogP contribution in [0.2, 0.25) is 0 Å². The molecule has 0 aromatic carbocycles. The summed E-state index contributed by atoms with van der Waals surface area (Å²) in [4.78, 5) is 23.7. The van der Waals surface area contributed by atoms with Gasteiger partial charge in [0.25, 0.3) is 0 Å². The van der Waals surface area contributed by atoms with Crippen molar-refractivity contribution in [3.63, 3.8) is 0 Å². The summed E-state index contributed by atoms with van der Waals surface area (Å²) in [6, 6.07) is 2.06. The van der Waals surface area contributed by atoms with E-state index in [4.69, 9.17) is 0 Å². The highest BCUT2D eigenvalue weighted by atomic mass is 32.2. The summed E-state index contributed by atoms with van der Waals surface area (Å²) in [5, 5.41) is 16.3. The van der Waals surface area contributed by atoms with Crippen LogP contribution in [-0.4, -0.2) is 34.2 Å². The molecule has 1 aliphatic heterocycles. The van der Waals surface area contributed by atoms with E-state index in [0.717, 1.165) is 18.6 Å². The summed E-state index contributed by atoms with van der Waals surface area (Å²) in [5.74, 6) is 0.0660. The van der Waals surface area contributed by atoms with Crippen molar-refractivity contribution in [3.8, 4) is 0 Å². The van der Waals surface area contributed by atoms with Crippen LogP contribution >= 0.6 is 23.1 Å². The minimum absolute atomic E-state index is 0.0684. The highest BCUT2D eigenvalue weighted by molar-refractivity contribution is 8.00. The Balaban J connectivity index is 1.87. The van der Waals surface area contributed by atoms with E-state index in [1.54, 1.807) is 17.5 Å². The Kier molecular flexibility index (Phi) is 4.93. The van der Waals surface area contributed by atoms with E-state index in [9.17, 15) is 14.7 Å². The quantitative estimate of drug-likeness (QED) is 0.780. The lowest BCUT2D eigenvalue weighted by atomic mass is 10.1. The molecule has 7 heteroatoms. The second-order valence-corrected chi connectivity index (χ2v) is 7.68. The molecule has 0 spiro atoms. The first-order valence-corrected chi connectivity index (χ1v) is 8.31. The molecule has 2 heterocycles. The lowest BCUT2D eigenvalue weighted by molar-refractivity contribution is -0.139. The number of amides is 2. The standard InChI is InChI=1S/C13H18N2O3S2/c1-13(5-3-7-20-13)8-14-12(18)15-10(11(16)17)9-4-2-6-19-9/h2,4,6,10H,3,5,7-8H2,1H3,(H,16,17)(H2,14,15,18). The van der Waals surface area contributed by atoms with Gasteiger partial charge >= 0.3 is 12.0 Å².